The van der Waals surface area contributed by atoms with Gasteiger partial charge in [0.2, 0.25) is 0 Å². The summed E-state index contributed by atoms with van der Waals surface area (Å²) >= 11 is 8.18. The van der Waals surface area contributed by atoms with E-state index in [2.05, 4.69) is 27.7 Å². The maximum atomic E-state index is 13.4. The van der Waals surface area contributed by atoms with Gasteiger partial charge in [0.1, 0.15) is 6.61 Å². The second-order valence-corrected chi connectivity index (χ2v) is 9.73. The smallest absolute Gasteiger partial charge is 0.282 e. The third kappa shape index (κ3) is 5.52. The highest BCUT2D eigenvalue weighted by Gasteiger charge is 2.14. The van der Waals surface area contributed by atoms with Crippen LogP contribution in [0.1, 0.15) is 11.1 Å². The molecular formula is C29H21ClIN3O3. The van der Waals surface area contributed by atoms with E-state index in [-0.39, 0.29) is 5.56 Å². The van der Waals surface area contributed by atoms with E-state index in [0.29, 0.717) is 39.9 Å². The van der Waals surface area contributed by atoms with Crippen molar-refractivity contribution >= 4 is 51.3 Å². The number of nitrogens with zero attached hydrogens (tertiary/aromatic N) is 3. The van der Waals surface area contributed by atoms with Crippen molar-refractivity contribution in [2.75, 3.05) is 7.11 Å². The van der Waals surface area contributed by atoms with Gasteiger partial charge < -0.3 is 9.47 Å². The molecule has 0 amide bonds. The lowest BCUT2D eigenvalue weighted by Gasteiger charge is -2.14. The third-order valence-corrected chi connectivity index (χ3v) is 6.71. The first-order valence-corrected chi connectivity index (χ1v) is 12.9. The topological polar surface area (TPSA) is 65.7 Å². The zero-order valence-corrected chi connectivity index (χ0v) is 22.7. The highest BCUT2D eigenvalue weighted by molar-refractivity contribution is 14.1. The van der Waals surface area contributed by atoms with E-state index in [1.807, 2.05) is 84.9 Å². The number of benzene rings is 4. The zero-order chi connectivity index (χ0) is 25.8. The van der Waals surface area contributed by atoms with Crippen LogP contribution in [-0.4, -0.2) is 23.0 Å². The molecule has 5 aromatic rings. The Kier molecular flexibility index (Phi) is 7.52. The number of methoxy groups -OCH3 is 1. The van der Waals surface area contributed by atoms with Gasteiger partial charge in [-0.15, -0.1) is 0 Å². The third-order valence-electron chi connectivity index (χ3n) is 5.66. The SMILES string of the molecule is COc1cc(C=Nn2c(-c3ccccc3)nc3ccccc3c2=O)cc(I)c1OCc1ccc(Cl)cc1. The van der Waals surface area contributed by atoms with Crippen molar-refractivity contribution in [2.24, 2.45) is 5.10 Å². The molecule has 0 aliphatic carbocycles. The number of rotatable bonds is 7. The molecule has 0 aliphatic heterocycles. The van der Waals surface area contributed by atoms with Gasteiger partial charge in [0.15, 0.2) is 17.3 Å². The first-order valence-electron chi connectivity index (χ1n) is 11.4. The van der Waals surface area contributed by atoms with E-state index in [0.717, 1.165) is 20.3 Å². The molecule has 0 radical (unpaired) electrons. The monoisotopic (exact) mass is 621 g/mol. The molecule has 0 aliphatic rings. The molecule has 8 heteroatoms. The fraction of sp³-hybridized carbons (Fsp3) is 0.0690. The number of hydrogen-bond acceptors (Lipinski definition) is 5. The van der Waals surface area contributed by atoms with Gasteiger partial charge in [-0.3, -0.25) is 4.79 Å². The lowest BCUT2D eigenvalue weighted by molar-refractivity contribution is 0.282. The van der Waals surface area contributed by atoms with Gasteiger partial charge in [-0.2, -0.15) is 9.78 Å². The molecule has 1 aromatic heterocycles. The summed E-state index contributed by atoms with van der Waals surface area (Å²) in [6.07, 6.45) is 1.62. The van der Waals surface area contributed by atoms with E-state index in [4.69, 9.17) is 26.1 Å². The summed E-state index contributed by atoms with van der Waals surface area (Å²) in [5, 5.41) is 5.73. The first-order chi connectivity index (χ1) is 18.0. The molecule has 0 saturated heterocycles. The zero-order valence-electron chi connectivity index (χ0n) is 19.8. The van der Waals surface area contributed by atoms with Crippen LogP contribution in [-0.2, 0) is 6.61 Å². The lowest BCUT2D eigenvalue weighted by atomic mass is 10.2. The number of aromatic nitrogens is 2. The Morgan fingerprint density at radius 2 is 1.73 bits per heavy atom. The van der Waals surface area contributed by atoms with E-state index < -0.39 is 0 Å². The van der Waals surface area contributed by atoms with Crippen LogP contribution >= 0.6 is 34.2 Å². The largest absolute Gasteiger partial charge is 0.493 e. The molecule has 6 nitrogen and oxygen atoms in total. The van der Waals surface area contributed by atoms with Crippen molar-refractivity contribution in [3.05, 3.63) is 121 Å². The Labute approximate surface area is 232 Å². The van der Waals surface area contributed by atoms with Crippen LogP contribution in [0.25, 0.3) is 22.3 Å². The number of fused-ring (bicyclic) bond motifs is 1. The maximum Gasteiger partial charge on any atom is 0.282 e. The highest BCUT2D eigenvalue weighted by atomic mass is 127. The van der Waals surface area contributed by atoms with E-state index in [1.54, 1.807) is 19.4 Å². The average Bonchev–Trinajstić information content (AvgIpc) is 2.93. The van der Waals surface area contributed by atoms with Crippen LogP contribution in [0.5, 0.6) is 11.5 Å². The Balaban J connectivity index is 1.51. The molecule has 184 valence electrons. The first kappa shape index (κ1) is 25.0. The fourth-order valence-electron chi connectivity index (χ4n) is 3.82. The normalized spacial score (nSPS) is 11.2. The Bertz CT molecular complexity index is 1650. The predicted octanol–water partition coefficient (Wildman–Crippen LogP) is 6.79. The van der Waals surface area contributed by atoms with E-state index in [9.17, 15) is 4.79 Å². The van der Waals surface area contributed by atoms with E-state index in [1.165, 1.54) is 4.68 Å². The molecule has 0 N–H and O–H groups in total. The van der Waals surface area contributed by atoms with Gasteiger partial charge in [0, 0.05) is 10.6 Å². The minimum Gasteiger partial charge on any atom is -0.493 e. The molecule has 1 heterocycles. The van der Waals surface area contributed by atoms with Crippen molar-refractivity contribution < 1.29 is 9.47 Å². The lowest BCUT2D eigenvalue weighted by Crippen LogP contribution is -2.20. The molecule has 0 fully saturated rings. The van der Waals surface area contributed by atoms with Crippen molar-refractivity contribution in [1.29, 1.82) is 0 Å². The van der Waals surface area contributed by atoms with Crippen molar-refractivity contribution in [2.45, 2.75) is 6.61 Å². The van der Waals surface area contributed by atoms with Crippen LogP contribution in [0.4, 0.5) is 0 Å². The minimum atomic E-state index is -0.245. The van der Waals surface area contributed by atoms with Crippen LogP contribution in [0.15, 0.2) is 101 Å². The number of para-hydroxylation sites is 1. The molecule has 0 unspecified atom stereocenters. The Hall–Kier alpha value is -3.69. The van der Waals surface area contributed by atoms with Gasteiger partial charge in [0.25, 0.3) is 5.56 Å². The summed E-state index contributed by atoms with van der Waals surface area (Å²) in [7, 11) is 1.59. The average molecular weight is 622 g/mol. The summed E-state index contributed by atoms with van der Waals surface area (Å²) < 4.78 is 13.9. The summed E-state index contributed by atoms with van der Waals surface area (Å²) in [6, 6.07) is 28.0. The molecule has 0 atom stereocenters. The summed E-state index contributed by atoms with van der Waals surface area (Å²) in [6.45, 7) is 0.371. The van der Waals surface area contributed by atoms with Crippen molar-refractivity contribution in [3.63, 3.8) is 0 Å². The van der Waals surface area contributed by atoms with Crippen molar-refractivity contribution in [1.82, 2.24) is 9.66 Å². The second kappa shape index (κ2) is 11.1. The molecule has 0 bridgehead atoms. The minimum absolute atomic E-state index is 0.245. The number of halogens is 2. The number of hydrogen-bond donors (Lipinski definition) is 0. The van der Waals surface area contributed by atoms with Gasteiger partial charge in [-0.25, -0.2) is 4.98 Å². The van der Waals surface area contributed by atoms with Crippen LogP contribution < -0.4 is 15.0 Å². The van der Waals surface area contributed by atoms with Gasteiger partial charge in [0.05, 0.1) is 27.8 Å². The van der Waals surface area contributed by atoms with Gasteiger partial charge >= 0.3 is 0 Å². The molecule has 5 rings (SSSR count). The predicted molar refractivity (Wildman–Crippen MR) is 156 cm³/mol. The van der Waals surface area contributed by atoms with Gasteiger partial charge in [-0.1, -0.05) is 66.2 Å². The van der Waals surface area contributed by atoms with Crippen LogP contribution in [0.3, 0.4) is 0 Å². The van der Waals surface area contributed by atoms with E-state index >= 15 is 0 Å². The Morgan fingerprint density at radius 1 is 1.00 bits per heavy atom. The summed E-state index contributed by atoms with van der Waals surface area (Å²) in [4.78, 5) is 18.1. The summed E-state index contributed by atoms with van der Waals surface area (Å²) in [5.74, 6) is 1.66. The molecule has 37 heavy (non-hydrogen) atoms. The Morgan fingerprint density at radius 3 is 2.49 bits per heavy atom. The summed E-state index contributed by atoms with van der Waals surface area (Å²) in [5.41, 5.74) is 2.91. The quantitative estimate of drug-likeness (QED) is 0.148. The second-order valence-electron chi connectivity index (χ2n) is 8.13. The van der Waals surface area contributed by atoms with Crippen LogP contribution in [0, 0.1) is 3.57 Å². The maximum absolute atomic E-state index is 13.4. The van der Waals surface area contributed by atoms with Crippen LogP contribution in [0.2, 0.25) is 5.02 Å². The fourth-order valence-corrected chi connectivity index (χ4v) is 4.73. The molecular weight excluding hydrogens is 601 g/mol. The molecule has 4 aromatic carbocycles. The standard InChI is InChI=1S/C29H21ClIN3O3/c1-36-26-16-20(15-24(31)27(26)37-18-19-11-13-22(30)14-12-19)17-32-34-28(21-7-3-2-4-8-21)33-25-10-6-5-9-23(25)29(34)35/h2-17H,18H2,1H3. The highest BCUT2D eigenvalue weighted by Crippen LogP contribution is 2.34. The molecule has 0 saturated carbocycles. The van der Waals surface area contributed by atoms with Crippen molar-refractivity contribution in [3.8, 4) is 22.9 Å². The van der Waals surface area contributed by atoms with Gasteiger partial charge in [-0.05, 0) is 70.1 Å². The number of ether oxygens (including phenoxy) is 2. The molecule has 0 spiro atoms.